The van der Waals surface area contributed by atoms with E-state index in [0.29, 0.717) is 19.3 Å². The number of carbonyl (C=O) groups excluding carboxylic acids is 3. The molecule has 0 radical (unpaired) electrons. The Bertz CT molecular complexity index is 1180. The van der Waals surface area contributed by atoms with Gasteiger partial charge in [-0.3, -0.25) is 14.4 Å². The van der Waals surface area contributed by atoms with Gasteiger partial charge in [-0.15, -0.1) is 0 Å². The quantitative estimate of drug-likeness (QED) is 0.0199. The van der Waals surface area contributed by atoms with Crippen LogP contribution in [-0.2, 0) is 28.6 Å². The molecular weight excluding hydrogens is 805 g/mol. The Balaban J connectivity index is 4.30. The largest absolute Gasteiger partial charge is 0.462 e. The summed E-state index contributed by atoms with van der Waals surface area (Å²) in [6, 6.07) is 0. The van der Waals surface area contributed by atoms with Crippen molar-refractivity contribution in [1.29, 1.82) is 0 Å². The maximum Gasteiger partial charge on any atom is 0.306 e. The van der Waals surface area contributed by atoms with Crippen molar-refractivity contribution in [3.05, 3.63) is 60.8 Å². The van der Waals surface area contributed by atoms with Crippen LogP contribution in [0, 0.1) is 0 Å². The highest BCUT2D eigenvalue weighted by Gasteiger charge is 2.19. The molecule has 0 aliphatic carbocycles. The summed E-state index contributed by atoms with van der Waals surface area (Å²) >= 11 is 0. The molecule has 6 nitrogen and oxygen atoms in total. The van der Waals surface area contributed by atoms with E-state index in [4.69, 9.17) is 14.2 Å². The highest BCUT2D eigenvalue weighted by atomic mass is 16.6. The normalized spacial score (nSPS) is 12.5. The van der Waals surface area contributed by atoms with Crippen molar-refractivity contribution < 1.29 is 28.6 Å². The predicted molar refractivity (Wildman–Crippen MR) is 279 cm³/mol. The Hall–Kier alpha value is -2.89. The molecule has 0 saturated heterocycles. The highest BCUT2D eigenvalue weighted by molar-refractivity contribution is 5.71. The lowest BCUT2D eigenvalue weighted by atomic mass is 10.1. The summed E-state index contributed by atoms with van der Waals surface area (Å²) in [6.45, 7) is 6.54. The molecule has 0 rings (SSSR count). The summed E-state index contributed by atoms with van der Waals surface area (Å²) in [5.74, 6) is -0.922. The standard InChI is InChI=1S/C59H104O6/c1-4-7-10-13-16-19-21-23-25-27-29-31-33-35-37-40-43-46-49-52-58(61)64-55-56(54-63-57(60)51-48-45-42-39-18-15-12-9-6-3)65-59(62)53-50-47-44-41-38-36-34-32-30-28-26-24-22-20-17-14-11-8-5-2/h16-17,19-24,39,42,56H,4-15,18,25-38,40-41,43-55H2,1-3H3/b19-16-,20-17-,23-21-,24-22-,42-39-. The monoisotopic (exact) mass is 909 g/mol. The molecule has 1 atom stereocenters. The minimum atomic E-state index is -0.787. The smallest absolute Gasteiger partial charge is 0.306 e. The van der Waals surface area contributed by atoms with Crippen LogP contribution < -0.4 is 0 Å². The SMILES string of the molecule is CCCCC/C=C\C=C/CCCCCCCCCCCCC(=O)OCC(COC(=O)CCC/C=C\CCCCCC)OC(=O)CCCCCCCCCCCC/C=C\C=C/CCCCC. The number of ether oxygens (including phenoxy) is 3. The summed E-state index contributed by atoms with van der Waals surface area (Å²) in [6.07, 6.45) is 66.5. The van der Waals surface area contributed by atoms with Crippen molar-refractivity contribution in [2.45, 2.75) is 284 Å². The van der Waals surface area contributed by atoms with Gasteiger partial charge < -0.3 is 14.2 Å². The van der Waals surface area contributed by atoms with Crippen molar-refractivity contribution in [3.63, 3.8) is 0 Å². The predicted octanol–water partition coefficient (Wildman–Crippen LogP) is 18.4. The molecule has 0 saturated carbocycles. The first-order chi connectivity index (χ1) is 32.0. The number of hydrogen-bond acceptors (Lipinski definition) is 6. The third kappa shape index (κ3) is 51.9. The third-order valence-corrected chi connectivity index (χ3v) is 12.0. The Kier molecular flexibility index (Phi) is 51.3. The molecule has 0 aromatic carbocycles. The zero-order chi connectivity index (χ0) is 47.2. The number of hydrogen-bond donors (Lipinski definition) is 0. The molecule has 1 unspecified atom stereocenters. The average Bonchev–Trinajstić information content (AvgIpc) is 3.30. The molecule has 0 amide bonds. The van der Waals surface area contributed by atoms with Crippen molar-refractivity contribution in [1.82, 2.24) is 0 Å². The molecule has 0 spiro atoms. The number of carbonyl (C=O) groups is 3. The molecule has 376 valence electrons. The molecule has 6 heteroatoms. The summed E-state index contributed by atoms with van der Waals surface area (Å²) in [7, 11) is 0. The average molecular weight is 909 g/mol. The number of rotatable bonds is 50. The third-order valence-electron chi connectivity index (χ3n) is 12.0. The van der Waals surface area contributed by atoms with Gasteiger partial charge in [-0.05, 0) is 89.9 Å². The topological polar surface area (TPSA) is 78.9 Å². The van der Waals surface area contributed by atoms with Gasteiger partial charge in [0.15, 0.2) is 6.10 Å². The number of esters is 3. The molecular formula is C59H104O6. The summed E-state index contributed by atoms with van der Waals surface area (Å²) in [5.41, 5.74) is 0. The van der Waals surface area contributed by atoms with E-state index in [0.717, 1.165) is 57.8 Å². The van der Waals surface area contributed by atoms with Crippen molar-refractivity contribution in [2.24, 2.45) is 0 Å². The summed E-state index contributed by atoms with van der Waals surface area (Å²) < 4.78 is 16.8. The lowest BCUT2D eigenvalue weighted by Crippen LogP contribution is -2.30. The second kappa shape index (κ2) is 53.7. The van der Waals surface area contributed by atoms with Crippen LogP contribution in [-0.4, -0.2) is 37.2 Å². The van der Waals surface area contributed by atoms with Gasteiger partial charge >= 0.3 is 17.9 Å². The number of unbranched alkanes of at least 4 members (excludes halogenated alkanes) is 31. The van der Waals surface area contributed by atoms with Gasteiger partial charge in [0.25, 0.3) is 0 Å². The van der Waals surface area contributed by atoms with Crippen LogP contribution in [0.15, 0.2) is 60.8 Å². The molecule has 0 aromatic heterocycles. The summed E-state index contributed by atoms with van der Waals surface area (Å²) in [5, 5.41) is 0. The van der Waals surface area contributed by atoms with Crippen LogP contribution in [0.25, 0.3) is 0 Å². The van der Waals surface area contributed by atoms with E-state index in [1.54, 1.807) is 0 Å². The molecule has 0 aliphatic heterocycles. The van der Waals surface area contributed by atoms with Crippen LogP contribution in [0.3, 0.4) is 0 Å². The Labute approximate surface area is 402 Å². The van der Waals surface area contributed by atoms with E-state index in [9.17, 15) is 14.4 Å². The van der Waals surface area contributed by atoms with Gasteiger partial charge in [0.1, 0.15) is 13.2 Å². The van der Waals surface area contributed by atoms with E-state index in [-0.39, 0.29) is 31.1 Å². The van der Waals surface area contributed by atoms with Crippen LogP contribution in [0.5, 0.6) is 0 Å². The first-order valence-electron chi connectivity index (χ1n) is 27.8. The Morgan fingerprint density at radius 3 is 0.954 bits per heavy atom. The van der Waals surface area contributed by atoms with Gasteiger partial charge in [-0.2, -0.15) is 0 Å². The molecule has 0 fully saturated rings. The Morgan fingerprint density at radius 2 is 0.569 bits per heavy atom. The lowest BCUT2D eigenvalue weighted by molar-refractivity contribution is -0.167. The molecule has 0 heterocycles. The van der Waals surface area contributed by atoms with E-state index in [1.165, 1.54) is 180 Å². The van der Waals surface area contributed by atoms with Crippen molar-refractivity contribution in [2.75, 3.05) is 13.2 Å². The first-order valence-corrected chi connectivity index (χ1v) is 27.8. The van der Waals surface area contributed by atoms with Crippen molar-refractivity contribution >= 4 is 17.9 Å². The minimum absolute atomic E-state index is 0.0850. The maximum atomic E-state index is 12.8. The van der Waals surface area contributed by atoms with Crippen LogP contribution >= 0.6 is 0 Å². The second-order valence-corrected chi connectivity index (χ2v) is 18.5. The van der Waals surface area contributed by atoms with E-state index < -0.39 is 6.10 Å². The zero-order valence-electron chi connectivity index (χ0n) is 43.0. The van der Waals surface area contributed by atoms with Gasteiger partial charge in [0.05, 0.1) is 0 Å². The van der Waals surface area contributed by atoms with Gasteiger partial charge in [-0.1, -0.05) is 229 Å². The zero-order valence-corrected chi connectivity index (χ0v) is 43.0. The van der Waals surface area contributed by atoms with Crippen LogP contribution in [0.2, 0.25) is 0 Å². The van der Waals surface area contributed by atoms with Gasteiger partial charge in [0.2, 0.25) is 0 Å². The van der Waals surface area contributed by atoms with Gasteiger partial charge in [0, 0.05) is 19.3 Å². The molecule has 0 aromatic rings. The minimum Gasteiger partial charge on any atom is -0.462 e. The fourth-order valence-corrected chi connectivity index (χ4v) is 7.78. The van der Waals surface area contributed by atoms with E-state index in [2.05, 4.69) is 81.5 Å². The molecule has 0 N–H and O–H groups in total. The molecule has 0 bridgehead atoms. The fourth-order valence-electron chi connectivity index (χ4n) is 7.78. The van der Waals surface area contributed by atoms with Crippen LogP contribution in [0.4, 0.5) is 0 Å². The van der Waals surface area contributed by atoms with E-state index >= 15 is 0 Å². The van der Waals surface area contributed by atoms with Crippen LogP contribution in [0.1, 0.15) is 278 Å². The maximum absolute atomic E-state index is 12.8. The molecule has 65 heavy (non-hydrogen) atoms. The van der Waals surface area contributed by atoms with E-state index in [1.807, 2.05) is 0 Å². The lowest BCUT2D eigenvalue weighted by Gasteiger charge is -2.18. The summed E-state index contributed by atoms with van der Waals surface area (Å²) in [4.78, 5) is 38.0. The van der Waals surface area contributed by atoms with Crippen molar-refractivity contribution in [3.8, 4) is 0 Å². The number of allylic oxidation sites excluding steroid dienone is 10. The fraction of sp³-hybridized carbons (Fsp3) is 0.780. The first kappa shape index (κ1) is 62.1. The second-order valence-electron chi connectivity index (χ2n) is 18.5. The highest BCUT2D eigenvalue weighted by Crippen LogP contribution is 2.15. The van der Waals surface area contributed by atoms with Gasteiger partial charge in [-0.25, -0.2) is 0 Å². The molecule has 0 aliphatic rings. The Morgan fingerprint density at radius 1 is 0.308 bits per heavy atom.